The summed E-state index contributed by atoms with van der Waals surface area (Å²) in [6.45, 7) is 3.99. The number of ether oxygens (including phenoxy) is 1. The second-order valence-corrected chi connectivity index (χ2v) is 6.85. The summed E-state index contributed by atoms with van der Waals surface area (Å²) in [5.74, 6) is 1.23. The average molecular weight is 413 g/mol. The molecule has 1 atom stereocenters. The highest BCUT2D eigenvalue weighted by Gasteiger charge is 2.18. The molecule has 0 bridgehead atoms. The Morgan fingerprint density at radius 2 is 2.07 bits per heavy atom. The van der Waals surface area contributed by atoms with Gasteiger partial charge in [-0.3, -0.25) is 9.59 Å². The van der Waals surface area contributed by atoms with Crippen LogP contribution in [0.4, 0.5) is 0 Å². The van der Waals surface area contributed by atoms with E-state index in [1.807, 2.05) is 0 Å². The molecule has 2 aromatic heterocycles. The van der Waals surface area contributed by atoms with Gasteiger partial charge in [0.15, 0.2) is 6.10 Å². The van der Waals surface area contributed by atoms with E-state index in [9.17, 15) is 9.59 Å². The molecule has 9 heteroatoms. The first kappa shape index (κ1) is 18.9. The number of nitrogens with zero attached hydrogens (tertiary/aromatic N) is 3. The zero-order valence-corrected chi connectivity index (χ0v) is 16.4. The predicted octanol–water partition coefficient (Wildman–Crippen LogP) is 3.55. The van der Waals surface area contributed by atoms with E-state index in [2.05, 4.69) is 15.1 Å². The van der Waals surface area contributed by atoms with E-state index in [-0.39, 0.29) is 0 Å². The minimum absolute atomic E-state index is 0.298. The van der Waals surface area contributed by atoms with Crippen molar-refractivity contribution in [3.05, 3.63) is 74.1 Å². The van der Waals surface area contributed by atoms with Gasteiger partial charge in [-0.1, -0.05) is 22.8 Å². The topological polar surface area (TPSA) is 103 Å². The van der Waals surface area contributed by atoms with Gasteiger partial charge in [0.2, 0.25) is 5.82 Å². The third kappa shape index (κ3) is 3.66. The van der Waals surface area contributed by atoms with Gasteiger partial charge in [-0.15, -0.1) is 0 Å². The molecule has 148 valence electrons. The van der Waals surface area contributed by atoms with Gasteiger partial charge in [0.25, 0.3) is 5.89 Å². The molecule has 0 aliphatic carbocycles. The van der Waals surface area contributed by atoms with E-state index in [0.29, 0.717) is 45.6 Å². The quantitative estimate of drug-likeness (QED) is 0.503. The van der Waals surface area contributed by atoms with Crippen LogP contribution >= 0.6 is 11.6 Å². The lowest BCUT2D eigenvalue weighted by atomic mass is 10.2. The number of hydrogen-bond acceptors (Lipinski definition) is 6. The highest BCUT2D eigenvalue weighted by Crippen LogP contribution is 2.26. The van der Waals surface area contributed by atoms with Gasteiger partial charge >= 0.3 is 11.1 Å². The number of H-pyrrole nitrogens is 1. The van der Waals surface area contributed by atoms with Crippen molar-refractivity contribution in [1.29, 1.82) is 0 Å². The standard InChI is InChI=1S/C20H17ClN4O4/c1-3-25-16-8-7-12(9-15(16)22-18(26)20(25)27)17-23-19(29-24-17)11(2)28-14-6-4-5-13(21)10-14/h4-11H,3H2,1-2H3,(H,22,26)/t11-/m1/s1. The largest absolute Gasteiger partial charge is 0.481 e. The number of aromatic amines is 1. The van der Waals surface area contributed by atoms with Crippen molar-refractivity contribution in [2.75, 3.05) is 0 Å². The van der Waals surface area contributed by atoms with Crippen molar-refractivity contribution in [3.63, 3.8) is 0 Å². The lowest BCUT2D eigenvalue weighted by Gasteiger charge is -2.10. The molecule has 0 saturated heterocycles. The average Bonchev–Trinajstić information content (AvgIpc) is 3.19. The Kier molecular flexibility index (Phi) is 4.94. The summed E-state index contributed by atoms with van der Waals surface area (Å²) in [6.07, 6.45) is -0.486. The van der Waals surface area contributed by atoms with Crippen LogP contribution in [-0.2, 0) is 6.54 Å². The second-order valence-electron chi connectivity index (χ2n) is 6.41. The molecule has 0 aliphatic rings. The smallest absolute Gasteiger partial charge is 0.316 e. The SMILES string of the molecule is CCn1c(=O)c(=O)[nH]c2cc(-c3noc([C@@H](C)Oc4cccc(Cl)c4)n3)ccc21. The van der Waals surface area contributed by atoms with Crippen LogP contribution in [-0.4, -0.2) is 19.7 Å². The third-order valence-electron chi connectivity index (χ3n) is 4.45. The van der Waals surface area contributed by atoms with Crippen molar-refractivity contribution in [2.24, 2.45) is 0 Å². The summed E-state index contributed by atoms with van der Waals surface area (Å²) in [5, 5.41) is 4.57. The number of benzene rings is 2. The summed E-state index contributed by atoms with van der Waals surface area (Å²) in [4.78, 5) is 30.9. The minimum atomic E-state index is -0.672. The Morgan fingerprint density at radius 1 is 1.24 bits per heavy atom. The summed E-state index contributed by atoms with van der Waals surface area (Å²) in [5.41, 5.74) is 0.528. The van der Waals surface area contributed by atoms with Crippen LogP contribution in [0.25, 0.3) is 22.4 Å². The molecule has 2 heterocycles. The molecule has 2 aromatic carbocycles. The van der Waals surface area contributed by atoms with Crippen molar-refractivity contribution in [1.82, 2.24) is 19.7 Å². The van der Waals surface area contributed by atoms with Crippen LogP contribution in [0.15, 0.2) is 56.6 Å². The van der Waals surface area contributed by atoms with Crippen LogP contribution in [0, 0.1) is 0 Å². The Labute approximate surface area is 169 Å². The number of halogens is 1. The third-order valence-corrected chi connectivity index (χ3v) is 4.68. The normalized spacial score (nSPS) is 12.2. The first-order valence-corrected chi connectivity index (χ1v) is 9.37. The minimum Gasteiger partial charge on any atom is -0.481 e. The van der Waals surface area contributed by atoms with Crippen LogP contribution < -0.4 is 15.9 Å². The van der Waals surface area contributed by atoms with Crippen LogP contribution in [0.3, 0.4) is 0 Å². The zero-order chi connectivity index (χ0) is 20.5. The Bertz CT molecular complexity index is 1310. The fourth-order valence-corrected chi connectivity index (χ4v) is 3.23. The molecular formula is C20H17ClN4O4. The first-order valence-electron chi connectivity index (χ1n) is 8.99. The van der Waals surface area contributed by atoms with Crippen molar-refractivity contribution < 1.29 is 9.26 Å². The predicted molar refractivity (Wildman–Crippen MR) is 108 cm³/mol. The van der Waals surface area contributed by atoms with E-state index in [0.717, 1.165) is 0 Å². The Hall–Kier alpha value is -3.39. The molecule has 4 rings (SSSR count). The zero-order valence-electron chi connectivity index (χ0n) is 15.7. The molecule has 1 N–H and O–H groups in total. The summed E-state index contributed by atoms with van der Waals surface area (Å²) in [6, 6.07) is 12.2. The van der Waals surface area contributed by atoms with Gasteiger partial charge in [-0.05, 0) is 50.2 Å². The summed E-state index contributed by atoms with van der Waals surface area (Å²) in [7, 11) is 0. The van der Waals surface area contributed by atoms with Crippen molar-refractivity contribution in [2.45, 2.75) is 26.5 Å². The molecular weight excluding hydrogens is 396 g/mol. The summed E-state index contributed by atoms with van der Waals surface area (Å²) >= 11 is 5.97. The van der Waals surface area contributed by atoms with Crippen LogP contribution in [0.2, 0.25) is 5.02 Å². The lowest BCUT2D eigenvalue weighted by molar-refractivity contribution is 0.176. The van der Waals surface area contributed by atoms with Gasteiger partial charge in [-0.2, -0.15) is 4.98 Å². The Balaban J connectivity index is 1.65. The first-order chi connectivity index (χ1) is 14.0. The second kappa shape index (κ2) is 7.56. The molecule has 4 aromatic rings. The highest BCUT2D eigenvalue weighted by molar-refractivity contribution is 6.30. The van der Waals surface area contributed by atoms with Gasteiger partial charge in [0.05, 0.1) is 11.0 Å². The Morgan fingerprint density at radius 3 is 2.83 bits per heavy atom. The molecule has 0 amide bonds. The molecule has 0 saturated carbocycles. The van der Waals surface area contributed by atoms with Gasteiger partial charge < -0.3 is 18.8 Å². The van der Waals surface area contributed by atoms with E-state index < -0.39 is 17.2 Å². The molecule has 0 aliphatic heterocycles. The van der Waals surface area contributed by atoms with Gasteiger partial charge in [-0.25, -0.2) is 0 Å². The monoisotopic (exact) mass is 412 g/mol. The van der Waals surface area contributed by atoms with Crippen LogP contribution in [0.5, 0.6) is 5.75 Å². The number of aromatic nitrogens is 4. The fraction of sp³-hybridized carbons (Fsp3) is 0.200. The van der Waals surface area contributed by atoms with Crippen LogP contribution in [0.1, 0.15) is 25.8 Å². The van der Waals surface area contributed by atoms with E-state index >= 15 is 0 Å². The number of rotatable bonds is 5. The van der Waals surface area contributed by atoms with E-state index in [4.69, 9.17) is 20.9 Å². The number of fused-ring (bicyclic) bond motifs is 1. The van der Waals surface area contributed by atoms with Gasteiger partial charge in [0.1, 0.15) is 5.75 Å². The molecule has 0 spiro atoms. The van der Waals surface area contributed by atoms with E-state index in [1.165, 1.54) is 4.57 Å². The summed E-state index contributed by atoms with van der Waals surface area (Å²) < 4.78 is 12.5. The molecule has 29 heavy (non-hydrogen) atoms. The maximum atomic E-state index is 12.0. The maximum absolute atomic E-state index is 12.0. The number of aryl methyl sites for hydroxylation is 1. The molecule has 8 nitrogen and oxygen atoms in total. The van der Waals surface area contributed by atoms with Crippen molar-refractivity contribution >= 4 is 22.6 Å². The molecule has 0 unspecified atom stereocenters. The van der Waals surface area contributed by atoms with Crippen molar-refractivity contribution in [3.8, 4) is 17.1 Å². The fourth-order valence-electron chi connectivity index (χ4n) is 3.04. The highest BCUT2D eigenvalue weighted by atomic mass is 35.5. The molecule has 0 radical (unpaired) electrons. The maximum Gasteiger partial charge on any atom is 0.316 e. The number of nitrogens with one attached hydrogen (secondary N) is 1. The number of hydrogen-bond donors (Lipinski definition) is 1. The molecule has 0 fully saturated rings. The van der Waals surface area contributed by atoms with E-state index in [1.54, 1.807) is 56.3 Å². The van der Waals surface area contributed by atoms with Gasteiger partial charge in [0, 0.05) is 17.1 Å². The lowest BCUT2D eigenvalue weighted by Crippen LogP contribution is -2.35.